The third-order valence-electron chi connectivity index (χ3n) is 3.32. The highest BCUT2D eigenvalue weighted by Gasteiger charge is 2.35. The number of carboxylic acids is 1. The predicted octanol–water partition coefficient (Wildman–Crippen LogP) is 0.0990. The van der Waals surface area contributed by atoms with Gasteiger partial charge in [-0.3, -0.25) is 9.59 Å². The lowest BCUT2D eigenvalue weighted by molar-refractivity contribution is -0.142. The number of nitrogens with zero attached hydrogens (tertiary/aromatic N) is 3. The second kappa shape index (κ2) is 3.58. The molecule has 1 saturated carbocycles. The lowest BCUT2D eigenvalue weighted by Crippen LogP contribution is -2.52. The number of aromatic nitrogens is 2. The van der Waals surface area contributed by atoms with Gasteiger partial charge in [-0.15, -0.1) is 0 Å². The van der Waals surface area contributed by atoms with Gasteiger partial charge in [-0.2, -0.15) is 0 Å². The smallest absolute Gasteiger partial charge is 0.310 e. The molecule has 3 rings (SSSR count). The summed E-state index contributed by atoms with van der Waals surface area (Å²) in [5.41, 5.74) is -0.0983. The maximum Gasteiger partial charge on any atom is 0.310 e. The number of hydrogen-bond acceptors (Lipinski definition) is 4. The molecule has 90 valence electrons. The third-order valence-corrected chi connectivity index (χ3v) is 3.32. The second-order valence-corrected chi connectivity index (χ2v) is 4.63. The molecule has 0 amide bonds. The molecule has 0 radical (unpaired) electrons. The zero-order valence-corrected chi connectivity index (χ0v) is 9.24. The van der Waals surface area contributed by atoms with Crippen molar-refractivity contribution < 1.29 is 9.90 Å². The highest BCUT2D eigenvalue weighted by molar-refractivity contribution is 5.74. The molecule has 6 nitrogen and oxygen atoms in total. The van der Waals surface area contributed by atoms with Gasteiger partial charge in [0.1, 0.15) is 0 Å². The topological polar surface area (TPSA) is 75.4 Å². The van der Waals surface area contributed by atoms with E-state index in [0.717, 1.165) is 12.8 Å². The van der Waals surface area contributed by atoms with Crippen molar-refractivity contribution >= 4 is 11.8 Å². The Labute approximate surface area is 97.5 Å². The monoisotopic (exact) mass is 235 g/mol. The van der Waals surface area contributed by atoms with Crippen LogP contribution < -0.4 is 10.5 Å². The highest BCUT2D eigenvalue weighted by Crippen LogP contribution is 2.33. The largest absolute Gasteiger partial charge is 0.481 e. The number of hydrogen-bond donors (Lipinski definition) is 1. The van der Waals surface area contributed by atoms with Crippen molar-refractivity contribution in [3.05, 3.63) is 22.7 Å². The summed E-state index contributed by atoms with van der Waals surface area (Å²) in [5.74, 6) is -0.789. The quantitative estimate of drug-likeness (QED) is 0.804. The van der Waals surface area contributed by atoms with Crippen molar-refractivity contribution in [2.75, 3.05) is 18.0 Å². The van der Waals surface area contributed by atoms with Crippen molar-refractivity contribution in [2.45, 2.75) is 18.9 Å². The van der Waals surface area contributed by atoms with Crippen LogP contribution in [-0.2, 0) is 4.79 Å². The van der Waals surface area contributed by atoms with Crippen LogP contribution in [0.2, 0.25) is 0 Å². The highest BCUT2D eigenvalue weighted by atomic mass is 16.4. The lowest BCUT2D eigenvalue weighted by atomic mass is 10.0. The Bertz CT molecular complexity index is 515. The van der Waals surface area contributed by atoms with Gasteiger partial charge in [0.05, 0.1) is 5.92 Å². The standard InChI is InChI=1S/C11H13N3O3/c15-10-9(13-5-7(6-13)11(16)17)12-3-4-14(10)8-1-2-8/h3-4,7-8H,1-2,5-6H2,(H,16,17). The molecule has 2 fully saturated rings. The Kier molecular flexibility index (Phi) is 2.17. The summed E-state index contributed by atoms with van der Waals surface area (Å²) in [5, 5.41) is 8.79. The summed E-state index contributed by atoms with van der Waals surface area (Å²) >= 11 is 0. The van der Waals surface area contributed by atoms with E-state index >= 15 is 0 Å². The molecular formula is C11H13N3O3. The van der Waals surface area contributed by atoms with E-state index in [1.807, 2.05) is 0 Å². The Balaban J connectivity index is 1.82. The zero-order valence-electron chi connectivity index (χ0n) is 9.24. The Morgan fingerprint density at radius 2 is 2.12 bits per heavy atom. The average molecular weight is 235 g/mol. The first-order chi connectivity index (χ1) is 8.16. The van der Waals surface area contributed by atoms with E-state index in [-0.39, 0.29) is 11.5 Å². The van der Waals surface area contributed by atoms with Gasteiger partial charge in [0, 0.05) is 31.5 Å². The molecule has 2 aliphatic rings. The minimum Gasteiger partial charge on any atom is -0.481 e. The number of anilines is 1. The lowest BCUT2D eigenvalue weighted by Gasteiger charge is -2.37. The first kappa shape index (κ1) is 10.3. The van der Waals surface area contributed by atoms with Crippen LogP contribution in [0.1, 0.15) is 18.9 Å². The molecule has 6 heteroatoms. The molecule has 0 aromatic carbocycles. The fourth-order valence-electron chi connectivity index (χ4n) is 2.08. The van der Waals surface area contributed by atoms with Gasteiger partial charge >= 0.3 is 5.97 Å². The van der Waals surface area contributed by atoms with E-state index in [1.54, 1.807) is 21.9 Å². The molecule has 1 aromatic heterocycles. The number of rotatable bonds is 3. The van der Waals surface area contributed by atoms with Crippen molar-refractivity contribution in [1.29, 1.82) is 0 Å². The Morgan fingerprint density at radius 3 is 2.71 bits per heavy atom. The molecule has 1 saturated heterocycles. The average Bonchev–Trinajstić information content (AvgIpc) is 3.01. The zero-order chi connectivity index (χ0) is 12.0. The van der Waals surface area contributed by atoms with Gasteiger partial charge in [-0.1, -0.05) is 0 Å². The van der Waals surface area contributed by atoms with Gasteiger partial charge in [0.25, 0.3) is 5.56 Å². The Morgan fingerprint density at radius 1 is 1.41 bits per heavy atom. The van der Waals surface area contributed by atoms with Crippen LogP contribution in [0.3, 0.4) is 0 Å². The van der Waals surface area contributed by atoms with Gasteiger partial charge in [-0.25, -0.2) is 4.98 Å². The van der Waals surface area contributed by atoms with E-state index in [2.05, 4.69) is 4.98 Å². The fourth-order valence-corrected chi connectivity index (χ4v) is 2.08. The van der Waals surface area contributed by atoms with Gasteiger partial charge in [0.2, 0.25) is 0 Å². The molecule has 1 aliphatic carbocycles. The summed E-state index contributed by atoms with van der Waals surface area (Å²) in [6.07, 6.45) is 5.41. The minimum absolute atomic E-state index is 0.0983. The molecule has 1 N–H and O–H groups in total. The first-order valence-corrected chi connectivity index (χ1v) is 5.71. The third kappa shape index (κ3) is 1.69. The van der Waals surface area contributed by atoms with E-state index in [4.69, 9.17) is 5.11 Å². The summed E-state index contributed by atoms with van der Waals surface area (Å²) in [6.45, 7) is 0.762. The van der Waals surface area contributed by atoms with Crippen LogP contribution in [0.4, 0.5) is 5.82 Å². The van der Waals surface area contributed by atoms with Crippen molar-refractivity contribution in [1.82, 2.24) is 9.55 Å². The summed E-state index contributed by atoms with van der Waals surface area (Å²) in [7, 11) is 0. The van der Waals surface area contributed by atoms with Crippen molar-refractivity contribution in [3.63, 3.8) is 0 Å². The van der Waals surface area contributed by atoms with E-state index < -0.39 is 5.97 Å². The Hall–Kier alpha value is -1.85. The normalized spacial score (nSPS) is 20.1. The van der Waals surface area contributed by atoms with Gasteiger partial charge in [-0.05, 0) is 12.8 Å². The number of aliphatic carboxylic acids is 1. The van der Waals surface area contributed by atoms with Crippen LogP contribution in [0.15, 0.2) is 17.2 Å². The molecule has 1 aromatic rings. The van der Waals surface area contributed by atoms with Crippen molar-refractivity contribution in [3.8, 4) is 0 Å². The molecule has 0 unspecified atom stereocenters. The molecule has 0 bridgehead atoms. The molecule has 0 spiro atoms. The summed E-state index contributed by atoms with van der Waals surface area (Å²) in [6, 6.07) is 0.320. The number of carboxylic acid groups (broad SMARTS) is 1. The van der Waals surface area contributed by atoms with Crippen molar-refractivity contribution in [2.24, 2.45) is 5.92 Å². The molecule has 0 atom stereocenters. The first-order valence-electron chi connectivity index (χ1n) is 5.71. The second-order valence-electron chi connectivity index (χ2n) is 4.63. The molecular weight excluding hydrogens is 222 g/mol. The molecule has 1 aliphatic heterocycles. The van der Waals surface area contributed by atoms with Gasteiger partial charge in [0.15, 0.2) is 5.82 Å². The summed E-state index contributed by atoms with van der Waals surface area (Å²) in [4.78, 5) is 28.6. The van der Waals surface area contributed by atoms with E-state index in [0.29, 0.717) is 24.9 Å². The van der Waals surface area contributed by atoms with Crippen LogP contribution in [0, 0.1) is 5.92 Å². The maximum absolute atomic E-state index is 12.1. The molecule has 2 heterocycles. The maximum atomic E-state index is 12.1. The van der Waals surface area contributed by atoms with E-state index in [9.17, 15) is 9.59 Å². The van der Waals surface area contributed by atoms with Crippen LogP contribution in [-0.4, -0.2) is 33.7 Å². The van der Waals surface area contributed by atoms with Gasteiger partial charge < -0.3 is 14.6 Å². The number of carbonyl (C=O) groups is 1. The SMILES string of the molecule is O=C(O)C1CN(c2nccn(C3CC3)c2=O)C1. The van der Waals surface area contributed by atoms with Crippen LogP contribution >= 0.6 is 0 Å². The van der Waals surface area contributed by atoms with Crippen LogP contribution in [0.5, 0.6) is 0 Å². The predicted molar refractivity (Wildman–Crippen MR) is 60.1 cm³/mol. The summed E-state index contributed by atoms with van der Waals surface area (Å²) < 4.78 is 1.70. The minimum atomic E-state index is -0.806. The fraction of sp³-hybridized carbons (Fsp3) is 0.545. The molecule has 17 heavy (non-hydrogen) atoms. The van der Waals surface area contributed by atoms with Crippen LogP contribution in [0.25, 0.3) is 0 Å². The van der Waals surface area contributed by atoms with E-state index in [1.165, 1.54) is 0 Å².